The topological polar surface area (TPSA) is 40.6 Å². The summed E-state index contributed by atoms with van der Waals surface area (Å²) < 4.78 is 0. The van der Waals surface area contributed by atoms with Gasteiger partial charge in [-0.2, -0.15) is 0 Å². The van der Waals surface area contributed by atoms with Crippen LogP contribution in [0.5, 0.6) is 0 Å². The van der Waals surface area contributed by atoms with Crippen molar-refractivity contribution in [2.24, 2.45) is 0 Å². The second-order valence-electron chi connectivity index (χ2n) is 3.71. The zero-order valence-electron chi connectivity index (χ0n) is 9.24. The number of alkyl halides is 1. The van der Waals surface area contributed by atoms with Gasteiger partial charge in [0, 0.05) is 18.9 Å². The monoisotopic (exact) mass is 306 g/mol. The standard InChI is InChI=1S/C10H15BrN2O2S/c1-12-8(14)9(15)13(10(12)16)7-5-3-2-4-6-11/h2-7H2,1H3. The number of unbranched alkanes of at least 4 members (excludes halogenated alkanes) is 3. The third kappa shape index (κ3) is 3.01. The maximum Gasteiger partial charge on any atom is 0.318 e. The summed E-state index contributed by atoms with van der Waals surface area (Å²) in [4.78, 5) is 25.4. The van der Waals surface area contributed by atoms with E-state index in [0.29, 0.717) is 11.7 Å². The molecule has 0 unspecified atom stereocenters. The highest BCUT2D eigenvalue weighted by Gasteiger charge is 2.38. The maximum atomic E-state index is 11.5. The Morgan fingerprint density at radius 2 is 1.75 bits per heavy atom. The fraction of sp³-hybridized carbons (Fsp3) is 0.700. The summed E-state index contributed by atoms with van der Waals surface area (Å²) in [5.74, 6) is -1.02. The number of likely N-dealkylation sites (N-methyl/N-ethyl adjacent to an activating group) is 1. The van der Waals surface area contributed by atoms with E-state index in [1.165, 1.54) is 16.8 Å². The Morgan fingerprint density at radius 1 is 1.12 bits per heavy atom. The van der Waals surface area contributed by atoms with Crippen LogP contribution in [0.2, 0.25) is 0 Å². The lowest BCUT2D eigenvalue weighted by Gasteiger charge is -2.15. The SMILES string of the molecule is CN1C(=O)C(=O)N(CCCCCCBr)C1=S. The molecule has 0 spiro atoms. The van der Waals surface area contributed by atoms with Crippen molar-refractivity contribution in [1.82, 2.24) is 9.80 Å². The number of nitrogens with zero attached hydrogens (tertiary/aromatic N) is 2. The minimum absolute atomic E-state index is 0.329. The smallest absolute Gasteiger partial charge is 0.284 e. The quantitative estimate of drug-likeness (QED) is 0.323. The summed E-state index contributed by atoms with van der Waals surface area (Å²) in [5.41, 5.74) is 0. The second kappa shape index (κ2) is 6.30. The van der Waals surface area contributed by atoms with Crippen LogP contribution in [-0.2, 0) is 9.59 Å². The highest BCUT2D eigenvalue weighted by Crippen LogP contribution is 2.12. The number of carbonyl (C=O) groups excluding carboxylic acids is 2. The fourth-order valence-corrected chi connectivity index (χ4v) is 2.18. The molecule has 0 aromatic carbocycles. The summed E-state index contributed by atoms with van der Waals surface area (Å²) >= 11 is 8.39. The van der Waals surface area contributed by atoms with E-state index in [9.17, 15) is 9.59 Å². The first kappa shape index (κ1) is 13.6. The number of halogens is 1. The van der Waals surface area contributed by atoms with Gasteiger partial charge in [-0.3, -0.25) is 19.4 Å². The molecule has 0 atom stereocenters. The van der Waals surface area contributed by atoms with E-state index in [2.05, 4.69) is 15.9 Å². The average molecular weight is 307 g/mol. The molecule has 1 fully saturated rings. The Bertz CT molecular complexity index is 309. The summed E-state index contributed by atoms with van der Waals surface area (Å²) in [5, 5.41) is 1.34. The minimum Gasteiger partial charge on any atom is -0.284 e. The van der Waals surface area contributed by atoms with Gasteiger partial charge in [0.15, 0.2) is 5.11 Å². The summed E-state index contributed by atoms with van der Waals surface area (Å²) in [6.07, 6.45) is 4.21. The lowest BCUT2D eigenvalue weighted by Crippen LogP contribution is -2.32. The van der Waals surface area contributed by atoms with Crippen molar-refractivity contribution < 1.29 is 9.59 Å². The molecule has 1 saturated heterocycles. The van der Waals surface area contributed by atoms with E-state index < -0.39 is 11.8 Å². The van der Waals surface area contributed by atoms with E-state index >= 15 is 0 Å². The van der Waals surface area contributed by atoms with E-state index in [1.54, 1.807) is 0 Å². The van der Waals surface area contributed by atoms with Crippen molar-refractivity contribution in [2.75, 3.05) is 18.9 Å². The molecule has 0 saturated carbocycles. The maximum absolute atomic E-state index is 11.5. The number of rotatable bonds is 6. The van der Waals surface area contributed by atoms with Crippen LogP contribution in [-0.4, -0.2) is 45.6 Å². The third-order valence-electron chi connectivity index (χ3n) is 2.52. The van der Waals surface area contributed by atoms with Gasteiger partial charge in [0.2, 0.25) is 0 Å². The first-order valence-corrected chi connectivity index (χ1v) is 6.82. The highest BCUT2D eigenvalue weighted by molar-refractivity contribution is 9.09. The average Bonchev–Trinajstić information content (AvgIpc) is 2.46. The van der Waals surface area contributed by atoms with Crippen LogP contribution in [0, 0.1) is 0 Å². The molecular weight excluding hydrogens is 292 g/mol. The van der Waals surface area contributed by atoms with E-state index in [-0.39, 0.29) is 0 Å². The van der Waals surface area contributed by atoms with Crippen molar-refractivity contribution in [3.05, 3.63) is 0 Å². The fourth-order valence-electron chi connectivity index (χ4n) is 1.53. The summed E-state index contributed by atoms with van der Waals surface area (Å²) in [6.45, 7) is 0.552. The van der Waals surface area contributed by atoms with Crippen LogP contribution >= 0.6 is 28.1 Å². The Morgan fingerprint density at radius 3 is 2.25 bits per heavy atom. The van der Waals surface area contributed by atoms with Gasteiger partial charge in [-0.15, -0.1) is 0 Å². The van der Waals surface area contributed by atoms with Gasteiger partial charge in [-0.25, -0.2) is 0 Å². The molecule has 1 rings (SSSR count). The van der Waals surface area contributed by atoms with Crippen LogP contribution in [0.1, 0.15) is 25.7 Å². The van der Waals surface area contributed by atoms with Crippen LogP contribution in [0.4, 0.5) is 0 Å². The van der Waals surface area contributed by atoms with Gasteiger partial charge in [0.1, 0.15) is 0 Å². The molecule has 16 heavy (non-hydrogen) atoms. The molecule has 0 aromatic rings. The molecule has 0 aromatic heterocycles. The number of hydrogen-bond acceptors (Lipinski definition) is 3. The Kier molecular flexibility index (Phi) is 5.34. The van der Waals surface area contributed by atoms with Crippen LogP contribution in [0.15, 0.2) is 0 Å². The molecular formula is C10H15BrN2O2S. The molecule has 0 bridgehead atoms. The van der Waals surface area contributed by atoms with Crippen LogP contribution < -0.4 is 0 Å². The molecule has 0 radical (unpaired) electrons. The summed E-state index contributed by atoms with van der Waals surface area (Å²) in [7, 11) is 1.54. The zero-order chi connectivity index (χ0) is 12.1. The first-order valence-electron chi connectivity index (χ1n) is 5.29. The number of hydrogen-bond donors (Lipinski definition) is 0. The normalized spacial score (nSPS) is 16.5. The molecule has 1 aliphatic heterocycles. The molecule has 90 valence electrons. The number of thiocarbonyl (C=S) groups is 1. The molecule has 0 N–H and O–H groups in total. The lowest BCUT2D eigenvalue weighted by atomic mass is 10.2. The van der Waals surface area contributed by atoms with Crippen molar-refractivity contribution in [1.29, 1.82) is 0 Å². The van der Waals surface area contributed by atoms with Crippen LogP contribution in [0.25, 0.3) is 0 Å². The first-order chi connectivity index (χ1) is 7.59. The predicted octanol–water partition coefficient (Wildman–Crippen LogP) is 1.53. The molecule has 0 aliphatic carbocycles. The van der Waals surface area contributed by atoms with Crippen molar-refractivity contribution in [3.8, 4) is 0 Å². The van der Waals surface area contributed by atoms with Gasteiger partial charge in [0.25, 0.3) is 0 Å². The van der Waals surface area contributed by atoms with Crippen molar-refractivity contribution in [3.63, 3.8) is 0 Å². The predicted molar refractivity (Wildman–Crippen MR) is 69.3 cm³/mol. The number of carbonyl (C=O) groups is 2. The molecule has 1 aliphatic rings. The van der Waals surface area contributed by atoms with Crippen molar-refractivity contribution in [2.45, 2.75) is 25.7 Å². The van der Waals surface area contributed by atoms with E-state index in [4.69, 9.17) is 12.2 Å². The minimum atomic E-state index is -0.523. The van der Waals surface area contributed by atoms with Gasteiger partial charge in [-0.1, -0.05) is 28.8 Å². The van der Waals surface area contributed by atoms with Gasteiger partial charge < -0.3 is 0 Å². The molecule has 4 nitrogen and oxygen atoms in total. The molecule has 2 amide bonds. The largest absolute Gasteiger partial charge is 0.318 e. The summed E-state index contributed by atoms with van der Waals surface area (Å²) in [6, 6.07) is 0. The van der Waals surface area contributed by atoms with Gasteiger partial charge >= 0.3 is 11.8 Å². The number of amides is 2. The Balaban J connectivity index is 2.35. The Hall–Kier alpha value is -0.490. The van der Waals surface area contributed by atoms with Crippen LogP contribution in [0.3, 0.4) is 0 Å². The van der Waals surface area contributed by atoms with Gasteiger partial charge in [-0.05, 0) is 25.1 Å². The van der Waals surface area contributed by atoms with E-state index in [1.807, 2.05) is 0 Å². The lowest BCUT2D eigenvalue weighted by molar-refractivity contribution is -0.142. The van der Waals surface area contributed by atoms with Gasteiger partial charge in [0.05, 0.1) is 0 Å². The molecule has 6 heteroatoms. The molecule has 1 heterocycles. The second-order valence-corrected chi connectivity index (χ2v) is 4.86. The highest BCUT2D eigenvalue weighted by atomic mass is 79.9. The van der Waals surface area contributed by atoms with Crippen molar-refractivity contribution >= 4 is 45.1 Å². The Labute approximate surface area is 109 Å². The third-order valence-corrected chi connectivity index (χ3v) is 3.57. The van der Waals surface area contributed by atoms with E-state index in [0.717, 1.165) is 31.0 Å². The zero-order valence-corrected chi connectivity index (χ0v) is 11.6.